The lowest BCUT2D eigenvalue weighted by Crippen LogP contribution is -2.17. The number of nitrogens with two attached hydrogens (primary N) is 1. The van der Waals surface area contributed by atoms with E-state index in [-0.39, 0.29) is 0 Å². The van der Waals surface area contributed by atoms with Crippen LogP contribution in [0.5, 0.6) is 0 Å². The first-order valence-electron chi connectivity index (χ1n) is 6.80. The van der Waals surface area contributed by atoms with E-state index in [2.05, 4.69) is 68.1 Å². The molecule has 0 amide bonds. The van der Waals surface area contributed by atoms with Crippen molar-refractivity contribution in [3.63, 3.8) is 0 Å². The molecule has 2 rings (SSSR count). The van der Waals surface area contributed by atoms with Crippen LogP contribution >= 0.6 is 0 Å². The van der Waals surface area contributed by atoms with Crippen molar-refractivity contribution in [2.75, 3.05) is 11.4 Å². The van der Waals surface area contributed by atoms with Gasteiger partial charge in [0.25, 0.3) is 0 Å². The van der Waals surface area contributed by atoms with Crippen molar-refractivity contribution in [1.82, 2.24) is 0 Å². The lowest BCUT2D eigenvalue weighted by atomic mass is 10.1. The second-order valence-corrected chi connectivity index (χ2v) is 4.85. The van der Waals surface area contributed by atoms with Crippen LogP contribution in [0.4, 0.5) is 11.4 Å². The molecule has 0 fully saturated rings. The van der Waals surface area contributed by atoms with Crippen LogP contribution in [0, 0.1) is 13.8 Å². The molecule has 0 aliphatic carbocycles. The standard InChI is InChI=1S/C17H22N2/c1-4-19(17-8-6-5-7-13(17)2)16-10-9-15(12-18)14(3)11-16/h5-11H,4,12,18H2,1-3H3. The third kappa shape index (κ3) is 2.79. The molecule has 100 valence electrons. The number of anilines is 2. The van der Waals surface area contributed by atoms with E-state index in [1.165, 1.54) is 28.1 Å². The van der Waals surface area contributed by atoms with E-state index in [9.17, 15) is 0 Å². The average molecular weight is 254 g/mol. The van der Waals surface area contributed by atoms with Gasteiger partial charge in [0.1, 0.15) is 0 Å². The highest BCUT2D eigenvalue weighted by Crippen LogP contribution is 2.29. The molecule has 0 aliphatic rings. The minimum absolute atomic E-state index is 0.600. The highest BCUT2D eigenvalue weighted by molar-refractivity contribution is 5.67. The monoisotopic (exact) mass is 254 g/mol. The van der Waals surface area contributed by atoms with E-state index >= 15 is 0 Å². The number of rotatable bonds is 4. The molecular formula is C17H22N2. The highest BCUT2D eigenvalue weighted by atomic mass is 15.1. The van der Waals surface area contributed by atoms with Gasteiger partial charge < -0.3 is 10.6 Å². The number of hydrogen-bond acceptors (Lipinski definition) is 2. The SMILES string of the molecule is CCN(c1ccc(CN)c(C)c1)c1ccccc1C. The van der Waals surface area contributed by atoms with Crippen molar-refractivity contribution in [3.8, 4) is 0 Å². The van der Waals surface area contributed by atoms with E-state index in [4.69, 9.17) is 5.73 Å². The molecule has 0 aromatic heterocycles. The number of nitrogens with zero attached hydrogens (tertiary/aromatic N) is 1. The molecular weight excluding hydrogens is 232 g/mol. The number of benzene rings is 2. The van der Waals surface area contributed by atoms with Crippen LogP contribution in [-0.4, -0.2) is 6.54 Å². The van der Waals surface area contributed by atoms with E-state index in [0.29, 0.717) is 6.54 Å². The first-order valence-corrected chi connectivity index (χ1v) is 6.80. The third-order valence-electron chi connectivity index (χ3n) is 3.58. The van der Waals surface area contributed by atoms with Crippen molar-refractivity contribution in [2.45, 2.75) is 27.3 Å². The Morgan fingerprint density at radius 3 is 2.32 bits per heavy atom. The van der Waals surface area contributed by atoms with Gasteiger partial charge in [0.05, 0.1) is 0 Å². The summed E-state index contributed by atoms with van der Waals surface area (Å²) in [6.45, 7) is 8.00. The number of aryl methyl sites for hydroxylation is 2. The zero-order chi connectivity index (χ0) is 13.8. The molecule has 0 saturated carbocycles. The Morgan fingerprint density at radius 1 is 1.00 bits per heavy atom. The Morgan fingerprint density at radius 2 is 1.74 bits per heavy atom. The van der Waals surface area contributed by atoms with Gasteiger partial charge in [-0.05, 0) is 55.7 Å². The maximum absolute atomic E-state index is 5.73. The fraction of sp³-hybridized carbons (Fsp3) is 0.294. The maximum atomic E-state index is 5.73. The van der Waals surface area contributed by atoms with Crippen LogP contribution in [0.3, 0.4) is 0 Å². The fourth-order valence-corrected chi connectivity index (χ4v) is 2.44. The van der Waals surface area contributed by atoms with Crippen molar-refractivity contribution in [3.05, 3.63) is 59.2 Å². The van der Waals surface area contributed by atoms with Gasteiger partial charge in [-0.1, -0.05) is 24.3 Å². The zero-order valence-electron chi connectivity index (χ0n) is 12.0. The van der Waals surface area contributed by atoms with Gasteiger partial charge in [0.15, 0.2) is 0 Å². The Hall–Kier alpha value is -1.80. The number of para-hydroxylation sites is 1. The molecule has 0 spiro atoms. The smallest absolute Gasteiger partial charge is 0.0440 e. The molecule has 19 heavy (non-hydrogen) atoms. The number of hydrogen-bond donors (Lipinski definition) is 1. The van der Waals surface area contributed by atoms with Gasteiger partial charge in [-0.3, -0.25) is 0 Å². The van der Waals surface area contributed by atoms with Crippen LogP contribution < -0.4 is 10.6 Å². The van der Waals surface area contributed by atoms with Crippen molar-refractivity contribution >= 4 is 11.4 Å². The fourth-order valence-electron chi connectivity index (χ4n) is 2.44. The molecule has 0 radical (unpaired) electrons. The zero-order valence-corrected chi connectivity index (χ0v) is 12.0. The predicted octanol–water partition coefficient (Wildman–Crippen LogP) is 3.92. The van der Waals surface area contributed by atoms with Gasteiger partial charge in [0.2, 0.25) is 0 Å². The Balaban J connectivity index is 2.43. The molecule has 0 unspecified atom stereocenters. The summed E-state index contributed by atoms with van der Waals surface area (Å²) in [6.07, 6.45) is 0. The summed E-state index contributed by atoms with van der Waals surface area (Å²) in [7, 11) is 0. The molecule has 2 aromatic rings. The van der Waals surface area contributed by atoms with E-state index in [1.807, 2.05) is 0 Å². The first kappa shape index (κ1) is 13.6. The third-order valence-corrected chi connectivity index (χ3v) is 3.58. The molecule has 2 heteroatoms. The molecule has 0 aliphatic heterocycles. The van der Waals surface area contributed by atoms with Gasteiger partial charge in [0, 0.05) is 24.5 Å². The van der Waals surface area contributed by atoms with E-state index in [0.717, 1.165) is 6.54 Å². The topological polar surface area (TPSA) is 29.3 Å². The van der Waals surface area contributed by atoms with Gasteiger partial charge >= 0.3 is 0 Å². The van der Waals surface area contributed by atoms with Crippen molar-refractivity contribution in [2.24, 2.45) is 5.73 Å². The van der Waals surface area contributed by atoms with E-state index in [1.54, 1.807) is 0 Å². The van der Waals surface area contributed by atoms with Crippen LogP contribution in [0.15, 0.2) is 42.5 Å². The summed E-state index contributed by atoms with van der Waals surface area (Å²) >= 11 is 0. The summed E-state index contributed by atoms with van der Waals surface area (Å²) < 4.78 is 0. The summed E-state index contributed by atoms with van der Waals surface area (Å²) in [5.41, 5.74) is 12.0. The van der Waals surface area contributed by atoms with Crippen LogP contribution in [0.1, 0.15) is 23.6 Å². The quantitative estimate of drug-likeness (QED) is 0.896. The Labute approximate surface area is 115 Å². The molecule has 0 heterocycles. The maximum Gasteiger partial charge on any atom is 0.0440 e. The largest absolute Gasteiger partial charge is 0.342 e. The summed E-state index contributed by atoms with van der Waals surface area (Å²) in [5.74, 6) is 0. The Bertz CT molecular complexity index is 561. The molecule has 0 saturated heterocycles. The molecule has 2 nitrogen and oxygen atoms in total. The normalized spacial score (nSPS) is 10.5. The lowest BCUT2D eigenvalue weighted by Gasteiger charge is -2.26. The van der Waals surface area contributed by atoms with Gasteiger partial charge in [-0.15, -0.1) is 0 Å². The highest BCUT2D eigenvalue weighted by Gasteiger charge is 2.10. The van der Waals surface area contributed by atoms with Crippen LogP contribution in [-0.2, 0) is 6.54 Å². The van der Waals surface area contributed by atoms with Crippen LogP contribution in [0.2, 0.25) is 0 Å². The molecule has 2 aromatic carbocycles. The lowest BCUT2D eigenvalue weighted by molar-refractivity contribution is 1.00. The van der Waals surface area contributed by atoms with Crippen molar-refractivity contribution in [1.29, 1.82) is 0 Å². The van der Waals surface area contributed by atoms with Gasteiger partial charge in [-0.25, -0.2) is 0 Å². The van der Waals surface area contributed by atoms with Crippen LogP contribution in [0.25, 0.3) is 0 Å². The molecule has 2 N–H and O–H groups in total. The second-order valence-electron chi connectivity index (χ2n) is 4.85. The minimum atomic E-state index is 0.600. The minimum Gasteiger partial charge on any atom is -0.342 e. The molecule has 0 bridgehead atoms. The summed E-state index contributed by atoms with van der Waals surface area (Å²) in [4.78, 5) is 2.34. The Kier molecular flexibility index (Phi) is 4.23. The summed E-state index contributed by atoms with van der Waals surface area (Å²) in [6, 6.07) is 15.0. The van der Waals surface area contributed by atoms with Gasteiger partial charge in [-0.2, -0.15) is 0 Å². The van der Waals surface area contributed by atoms with Crippen molar-refractivity contribution < 1.29 is 0 Å². The average Bonchev–Trinajstić information content (AvgIpc) is 2.42. The first-order chi connectivity index (χ1) is 9.17. The van der Waals surface area contributed by atoms with E-state index < -0.39 is 0 Å². The second kappa shape index (κ2) is 5.89. The molecule has 0 atom stereocenters. The predicted molar refractivity (Wildman–Crippen MR) is 82.9 cm³/mol. The summed E-state index contributed by atoms with van der Waals surface area (Å²) in [5, 5.41) is 0.